The van der Waals surface area contributed by atoms with Gasteiger partial charge in [-0.15, -0.1) is 0 Å². The first-order valence-corrected chi connectivity index (χ1v) is 8.48. The molecule has 1 aromatic carbocycles. The highest BCUT2D eigenvalue weighted by molar-refractivity contribution is 5.95. The Bertz CT molecular complexity index is 562. The summed E-state index contributed by atoms with van der Waals surface area (Å²) in [5.41, 5.74) is 0.603. The first-order chi connectivity index (χ1) is 11.5. The van der Waals surface area contributed by atoms with Gasteiger partial charge in [-0.3, -0.25) is 9.69 Å². The molecular weight excluding hydrogens is 308 g/mol. The third-order valence-corrected chi connectivity index (χ3v) is 4.26. The lowest BCUT2D eigenvalue weighted by Gasteiger charge is -2.40. The summed E-state index contributed by atoms with van der Waals surface area (Å²) in [4.78, 5) is 16.8. The number of carbonyl (C=O) groups is 1. The molecule has 0 aromatic heterocycles. The fraction of sp³-hybridized carbons (Fsp3) is 0.611. The van der Waals surface area contributed by atoms with Gasteiger partial charge >= 0.3 is 0 Å². The van der Waals surface area contributed by atoms with E-state index < -0.39 is 0 Å². The van der Waals surface area contributed by atoms with Crippen LogP contribution in [-0.4, -0.2) is 72.9 Å². The average Bonchev–Trinajstić information content (AvgIpc) is 2.56. The van der Waals surface area contributed by atoms with E-state index in [1.807, 2.05) is 11.8 Å². The van der Waals surface area contributed by atoms with Crippen LogP contribution in [0.15, 0.2) is 18.2 Å². The van der Waals surface area contributed by atoms with Crippen molar-refractivity contribution in [1.29, 1.82) is 0 Å². The van der Waals surface area contributed by atoms with Crippen LogP contribution < -0.4 is 9.47 Å². The summed E-state index contributed by atoms with van der Waals surface area (Å²) in [6, 6.07) is 5.52. The highest BCUT2D eigenvalue weighted by atomic mass is 16.5. The maximum absolute atomic E-state index is 12.8. The number of ether oxygens (including phenoxy) is 2. The number of hydrogen-bond donors (Lipinski definition) is 1. The molecule has 1 aliphatic rings. The quantitative estimate of drug-likeness (QED) is 0.855. The second-order valence-electron chi connectivity index (χ2n) is 6.24. The summed E-state index contributed by atoms with van der Waals surface area (Å²) in [5, 5.41) is 9.55. The zero-order valence-electron chi connectivity index (χ0n) is 15.0. The molecule has 1 aromatic rings. The van der Waals surface area contributed by atoms with Crippen LogP contribution in [0.3, 0.4) is 0 Å². The average molecular weight is 336 g/mol. The molecule has 1 N–H and O–H groups in total. The van der Waals surface area contributed by atoms with Crippen LogP contribution in [0, 0.1) is 0 Å². The number of methoxy groups -OCH3 is 1. The molecule has 6 heteroatoms. The number of nitrogens with zero attached hydrogens (tertiary/aromatic N) is 2. The van der Waals surface area contributed by atoms with Crippen molar-refractivity contribution in [2.45, 2.75) is 32.9 Å². The zero-order valence-corrected chi connectivity index (χ0v) is 15.0. The normalized spacial score (nSPS) is 19.9. The van der Waals surface area contributed by atoms with E-state index in [2.05, 4.69) is 11.8 Å². The van der Waals surface area contributed by atoms with Gasteiger partial charge in [-0.1, -0.05) is 0 Å². The topological polar surface area (TPSA) is 62.2 Å². The number of hydrogen-bond acceptors (Lipinski definition) is 5. The Morgan fingerprint density at radius 2 is 2.12 bits per heavy atom. The van der Waals surface area contributed by atoms with Crippen molar-refractivity contribution in [3.63, 3.8) is 0 Å². The minimum Gasteiger partial charge on any atom is -0.493 e. The van der Waals surface area contributed by atoms with Gasteiger partial charge in [0.25, 0.3) is 5.91 Å². The molecule has 1 aliphatic heterocycles. The van der Waals surface area contributed by atoms with Crippen molar-refractivity contribution in [1.82, 2.24) is 9.80 Å². The lowest BCUT2D eigenvalue weighted by molar-refractivity contribution is 0.0365. The fourth-order valence-corrected chi connectivity index (χ4v) is 3.05. The highest BCUT2D eigenvalue weighted by Gasteiger charge is 2.28. The Labute approximate surface area is 144 Å². The summed E-state index contributed by atoms with van der Waals surface area (Å²) in [5.74, 6) is 1.22. The number of carbonyl (C=O) groups excluding carboxylic acids is 1. The van der Waals surface area contributed by atoms with E-state index >= 15 is 0 Å². The van der Waals surface area contributed by atoms with Crippen LogP contribution in [0.2, 0.25) is 0 Å². The Morgan fingerprint density at radius 3 is 2.71 bits per heavy atom. The number of amides is 1. The summed E-state index contributed by atoms with van der Waals surface area (Å²) in [6.07, 6.45) is -0.356. The van der Waals surface area contributed by atoms with Gasteiger partial charge < -0.3 is 19.5 Å². The third kappa shape index (κ3) is 4.39. The SMILES string of the molecule is CCOc1ccc(C(=O)N2CCN(C[C@@H](C)O)[C@@H](C)C2)cc1OC. The molecule has 0 saturated carbocycles. The summed E-state index contributed by atoms with van der Waals surface area (Å²) < 4.78 is 10.8. The number of β-amino-alcohol motifs (C(OH)–C–C–N with tert-alkyl or cyclic N) is 1. The van der Waals surface area contributed by atoms with Gasteiger partial charge in [0.1, 0.15) is 0 Å². The summed E-state index contributed by atoms with van der Waals surface area (Å²) in [6.45, 7) is 9.05. The van der Waals surface area contributed by atoms with Crippen molar-refractivity contribution in [3.05, 3.63) is 23.8 Å². The monoisotopic (exact) mass is 336 g/mol. The van der Waals surface area contributed by atoms with E-state index in [1.54, 1.807) is 32.2 Å². The molecule has 0 spiro atoms. The van der Waals surface area contributed by atoms with Gasteiger partial charge in [-0.05, 0) is 39.0 Å². The minimum atomic E-state index is -0.356. The van der Waals surface area contributed by atoms with Crippen molar-refractivity contribution < 1.29 is 19.4 Å². The van der Waals surface area contributed by atoms with E-state index in [4.69, 9.17) is 9.47 Å². The predicted octanol–water partition coefficient (Wildman–Crippen LogP) is 1.62. The molecule has 1 saturated heterocycles. The third-order valence-electron chi connectivity index (χ3n) is 4.26. The van der Waals surface area contributed by atoms with E-state index in [0.29, 0.717) is 43.3 Å². The van der Waals surface area contributed by atoms with Crippen molar-refractivity contribution in [2.75, 3.05) is 39.9 Å². The van der Waals surface area contributed by atoms with Crippen molar-refractivity contribution in [3.8, 4) is 11.5 Å². The Hall–Kier alpha value is -1.79. The fourth-order valence-electron chi connectivity index (χ4n) is 3.05. The lowest BCUT2D eigenvalue weighted by Crippen LogP contribution is -2.54. The first-order valence-electron chi connectivity index (χ1n) is 8.48. The predicted molar refractivity (Wildman–Crippen MR) is 92.8 cm³/mol. The van der Waals surface area contributed by atoms with Crippen molar-refractivity contribution in [2.24, 2.45) is 0 Å². The Balaban J connectivity index is 2.07. The van der Waals surface area contributed by atoms with Gasteiger partial charge in [0.15, 0.2) is 11.5 Å². The Morgan fingerprint density at radius 1 is 1.38 bits per heavy atom. The van der Waals surface area contributed by atoms with Crippen LogP contribution >= 0.6 is 0 Å². The Kier molecular flexibility index (Phi) is 6.45. The van der Waals surface area contributed by atoms with Crippen LogP contribution in [-0.2, 0) is 0 Å². The van der Waals surface area contributed by atoms with Gasteiger partial charge in [0.05, 0.1) is 19.8 Å². The number of aliphatic hydroxyl groups is 1. The molecule has 0 bridgehead atoms. The smallest absolute Gasteiger partial charge is 0.254 e. The summed E-state index contributed by atoms with van der Waals surface area (Å²) in [7, 11) is 1.57. The molecule has 2 atom stereocenters. The van der Waals surface area contributed by atoms with Crippen LogP contribution in [0.25, 0.3) is 0 Å². The second kappa shape index (κ2) is 8.35. The second-order valence-corrected chi connectivity index (χ2v) is 6.24. The van der Waals surface area contributed by atoms with Gasteiger partial charge in [-0.2, -0.15) is 0 Å². The molecular formula is C18H28N2O4. The molecule has 24 heavy (non-hydrogen) atoms. The van der Waals surface area contributed by atoms with E-state index in [9.17, 15) is 9.90 Å². The molecule has 0 radical (unpaired) electrons. The lowest BCUT2D eigenvalue weighted by atomic mass is 10.1. The molecule has 1 heterocycles. The number of piperazine rings is 1. The maximum Gasteiger partial charge on any atom is 0.254 e. The molecule has 134 valence electrons. The largest absolute Gasteiger partial charge is 0.493 e. The van der Waals surface area contributed by atoms with Crippen molar-refractivity contribution >= 4 is 5.91 Å². The molecule has 0 aliphatic carbocycles. The van der Waals surface area contributed by atoms with E-state index in [-0.39, 0.29) is 18.1 Å². The van der Waals surface area contributed by atoms with E-state index in [1.165, 1.54) is 0 Å². The molecule has 6 nitrogen and oxygen atoms in total. The standard InChI is InChI=1S/C18H28N2O4/c1-5-24-16-7-6-15(10-17(16)23-4)18(22)20-9-8-19(12-14(3)21)13(2)11-20/h6-7,10,13-14,21H,5,8-9,11-12H2,1-4H3/t13-,14+/m0/s1. The zero-order chi connectivity index (χ0) is 17.7. The number of aliphatic hydroxyl groups excluding tert-OH is 1. The first kappa shape index (κ1) is 18.5. The van der Waals surface area contributed by atoms with Gasteiger partial charge in [-0.25, -0.2) is 0 Å². The highest BCUT2D eigenvalue weighted by Crippen LogP contribution is 2.28. The molecule has 2 rings (SSSR count). The molecule has 1 amide bonds. The van der Waals surface area contributed by atoms with E-state index in [0.717, 1.165) is 6.54 Å². The van der Waals surface area contributed by atoms with Crippen LogP contribution in [0.1, 0.15) is 31.1 Å². The number of benzene rings is 1. The maximum atomic E-state index is 12.8. The summed E-state index contributed by atoms with van der Waals surface area (Å²) >= 11 is 0. The number of rotatable bonds is 6. The van der Waals surface area contributed by atoms with Crippen LogP contribution in [0.5, 0.6) is 11.5 Å². The van der Waals surface area contributed by atoms with Gasteiger partial charge in [0.2, 0.25) is 0 Å². The minimum absolute atomic E-state index is 0.0000968. The van der Waals surface area contributed by atoms with Gasteiger partial charge in [0, 0.05) is 37.8 Å². The van der Waals surface area contributed by atoms with Crippen LogP contribution in [0.4, 0.5) is 0 Å². The molecule has 1 fully saturated rings. The molecule has 0 unspecified atom stereocenters.